The summed E-state index contributed by atoms with van der Waals surface area (Å²) in [5, 5.41) is 0. The van der Waals surface area contributed by atoms with Crippen LogP contribution in [-0.2, 0) is 10.9 Å². The van der Waals surface area contributed by atoms with Gasteiger partial charge in [-0.1, -0.05) is 12.1 Å². The molecule has 0 spiro atoms. The summed E-state index contributed by atoms with van der Waals surface area (Å²) in [5.41, 5.74) is 5.37. The average molecular weight is 245 g/mol. The number of ether oxygens (including phenoxy) is 1. The van der Waals surface area contributed by atoms with Crippen molar-refractivity contribution in [3.05, 3.63) is 29.3 Å². The largest absolute Gasteiger partial charge is 0.418 e. The zero-order valence-corrected chi connectivity index (χ0v) is 9.26. The van der Waals surface area contributed by atoms with Crippen molar-refractivity contribution in [3.8, 4) is 0 Å². The smallest absolute Gasteiger partial charge is 0.398 e. The number of alkyl halides is 3. The minimum Gasteiger partial charge on any atom is -0.398 e. The van der Waals surface area contributed by atoms with E-state index in [-0.39, 0.29) is 11.6 Å². The van der Waals surface area contributed by atoms with Crippen molar-refractivity contribution in [2.75, 3.05) is 18.9 Å². The van der Waals surface area contributed by atoms with E-state index in [1.807, 2.05) is 0 Å². The third-order valence-corrected chi connectivity index (χ3v) is 3.11. The highest BCUT2D eigenvalue weighted by molar-refractivity contribution is 5.56. The molecule has 1 aromatic carbocycles. The number of para-hydroxylation sites is 1. The fourth-order valence-electron chi connectivity index (χ4n) is 2.19. The topological polar surface area (TPSA) is 35.2 Å². The first-order valence-corrected chi connectivity index (χ1v) is 5.53. The second-order valence-electron chi connectivity index (χ2n) is 4.19. The molecule has 2 N–H and O–H groups in total. The van der Waals surface area contributed by atoms with E-state index in [0.717, 1.165) is 18.9 Å². The second-order valence-corrected chi connectivity index (χ2v) is 4.19. The molecular weight excluding hydrogens is 231 g/mol. The number of rotatable bonds is 1. The van der Waals surface area contributed by atoms with E-state index in [1.54, 1.807) is 6.07 Å². The highest BCUT2D eigenvalue weighted by atomic mass is 19.4. The molecule has 1 fully saturated rings. The van der Waals surface area contributed by atoms with Gasteiger partial charge >= 0.3 is 6.18 Å². The van der Waals surface area contributed by atoms with Crippen molar-refractivity contribution in [2.45, 2.75) is 24.9 Å². The van der Waals surface area contributed by atoms with Crippen molar-refractivity contribution in [1.82, 2.24) is 0 Å². The van der Waals surface area contributed by atoms with Crippen LogP contribution in [0.25, 0.3) is 0 Å². The van der Waals surface area contributed by atoms with E-state index in [9.17, 15) is 13.2 Å². The molecule has 0 atom stereocenters. The molecule has 1 heterocycles. The first-order chi connectivity index (χ1) is 8.00. The van der Waals surface area contributed by atoms with Gasteiger partial charge in [0.15, 0.2) is 0 Å². The maximum Gasteiger partial charge on any atom is 0.418 e. The third-order valence-electron chi connectivity index (χ3n) is 3.11. The maximum atomic E-state index is 12.7. The monoisotopic (exact) mass is 245 g/mol. The Bertz CT molecular complexity index is 397. The lowest BCUT2D eigenvalue weighted by Gasteiger charge is -2.24. The first kappa shape index (κ1) is 12.2. The Morgan fingerprint density at radius 3 is 2.41 bits per heavy atom. The quantitative estimate of drug-likeness (QED) is 0.771. The summed E-state index contributed by atoms with van der Waals surface area (Å²) in [5.74, 6) is 0.0750. The molecule has 17 heavy (non-hydrogen) atoms. The molecule has 0 radical (unpaired) electrons. The number of nitrogens with two attached hydrogens (primary N) is 1. The van der Waals surface area contributed by atoms with Crippen LogP contribution >= 0.6 is 0 Å². The standard InChI is InChI=1S/C12H14F3NO/c13-12(14,15)10-3-1-2-9(11(10)16)8-4-6-17-7-5-8/h1-3,8H,4-7,16H2. The molecule has 1 aliphatic rings. The van der Waals surface area contributed by atoms with Crippen LogP contribution in [-0.4, -0.2) is 13.2 Å². The van der Waals surface area contributed by atoms with E-state index in [1.165, 1.54) is 6.07 Å². The van der Waals surface area contributed by atoms with E-state index in [2.05, 4.69) is 0 Å². The van der Waals surface area contributed by atoms with Crippen LogP contribution in [0.5, 0.6) is 0 Å². The Hall–Kier alpha value is -1.23. The molecule has 0 bridgehead atoms. The van der Waals surface area contributed by atoms with Crippen LogP contribution < -0.4 is 5.73 Å². The lowest BCUT2D eigenvalue weighted by molar-refractivity contribution is -0.136. The van der Waals surface area contributed by atoms with Crippen molar-refractivity contribution in [1.29, 1.82) is 0 Å². The number of benzene rings is 1. The number of anilines is 1. The van der Waals surface area contributed by atoms with Crippen LogP contribution in [0, 0.1) is 0 Å². The van der Waals surface area contributed by atoms with Gasteiger partial charge in [0.05, 0.1) is 5.56 Å². The summed E-state index contributed by atoms with van der Waals surface area (Å²) in [7, 11) is 0. The van der Waals surface area contributed by atoms with Crippen LogP contribution in [0.2, 0.25) is 0 Å². The number of hydrogen-bond donors (Lipinski definition) is 1. The normalized spacial score (nSPS) is 18.3. The lowest BCUT2D eigenvalue weighted by Crippen LogP contribution is -2.17. The molecule has 2 nitrogen and oxygen atoms in total. The number of halogens is 3. The molecule has 5 heteroatoms. The minimum atomic E-state index is -4.38. The number of nitrogen functional groups attached to an aromatic ring is 1. The van der Waals surface area contributed by atoms with Crippen molar-refractivity contribution < 1.29 is 17.9 Å². The predicted octanol–water partition coefficient (Wildman–Crippen LogP) is 3.18. The Morgan fingerprint density at radius 1 is 1.18 bits per heavy atom. The zero-order valence-electron chi connectivity index (χ0n) is 9.26. The average Bonchev–Trinajstić information content (AvgIpc) is 2.29. The molecule has 1 aliphatic heterocycles. The van der Waals surface area contributed by atoms with Gasteiger partial charge in [0, 0.05) is 18.9 Å². The van der Waals surface area contributed by atoms with Gasteiger partial charge in [0.2, 0.25) is 0 Å². The van der Waals surface area contributed by atoms with E-state index in [4.69, 9.17) is 10.5 Å². The summed E-state index contributed by atoms with van der Waals surface area (Å²) in [4.78, 5) is 0. The van der Waals surface area contributed by atoms with Crippen molar-refractivity contribution in [3.63, 3.8) is 0 Å². The van der Waals surface area contributed by atoms with Crippen LogP contribution in [0.1, 0.15) is 29.9 Å². The molecule has 0 amide bonds. The highest BCUT2D eigenvalue weighted by Crippen LogP contribution is 2.39. The summed E-state index contributed by atoms with van der Waals surface area (Å²) in [6.45, 7) is 1.17. The molecule has 0 aliphatic carbocycles. The van der Waals surface area contributed by atoms with Gasteiger partial charge < -0.3 is 10.5 Å². The summed E-state index contributed by atoms with van der Waals surface area (Å²) >= 11 is 0. The SMILES string of the molecule is Nc1c(C2CCOCC2)cccc1C(F)(F)F. The first-order valence-electron chi connectivity index (χ1n) is 5.53. The van der Waals surface area contributed by atoms with Gasteiger partial charge in [-0.25, -0.2) is 0 Å². The molecule has 1 aromatic rings. The molecule has 2 rings (SSSR count). The number of hydrogen-bond acceptors (Lipinski definition) is 2. The Labute approximate surface area is 97.6 Å². The Morgan fingerprint density at radius 2 is 1.82 bits per heavy atom. The minimum absolute atomic E-state index is 0.0750. The van der Waals surface area contributed by atoms with Gasteiger partial charge in [-0.3, -0.25) is 0 Å². The van der Waals surface area contributed by atoms with E-state index < -0.39 is 11.7 Å². The van der Waals surface area contributed by atoms with Crippen LogP contribution in [0.3, 0.4) is 0 Å². The Balaban J connectivity index is 2.35. The zero-order chi connectivity index (χ0) is 12.5. The maximum absolute atomic E-state index is 12.7. The Kier molecular flexibility index (Phi) is 3.28. The van der Waals surface area contributed by atoms with Gasteiger partial charge in [-0.05, 0) is 30.4 Å². The second kappa shape index (κ2) is 4.56. The summed E-state index contributed by atoms with van der Waals surface area (Å²) in [6.07, 6.45) is -2.93. The van der Waals surface area contributed by atoms with Gasteiger partial charge in [0.25, 0.3) is 0 Å². The van der Waals surface area contributed by atoms with E-state index >= 15 is 0 Å². The molecule has 0 unspecified atom stereocenters. The van der Waals surface area contributed by atoms with Gasteiger partial charge in [-0.15, -0.1) is 0 Å². The third kappa shape index (κ3) is 2.54. The molecule has 94 valence electrons. The fraction of sp³-hybridized carbons (Fsp3) is 0.500. The van der Waals surface area contributed by atoms with Gasteiger partial charge in [-0.2, -0.15) is 13.2 Å². The fourth-order valence-corrected chi connectivity index (χ4v) is 2.19. The lowest BCUT2D eigenvalue weighted by atomic mass is 9.89. The van der Waals surface area contributed by atoms with Crippen LogP contribution in [0.15, 0.2) is 18.2 Å². The molecular formula is C12H14F3NO. The summed E-state index contributed by atoms with van der Waals surface area (Å²) < 4.78 is 43.3. The predicted molar refractivity (Wildman–Crippen MR) is 58.7 cm³/mol. The molecule has 0 aromatic heterocycles. The van der Waals surface area contributed by atoms with Crippen molar-refractivity contribution in [2.24, 2.45) is 0 Å². The van der Waals surface area contributed by atoms with E-state index in [0.29, 0.717) is 18.8 Å². The molecule has 0 saturated carbocycles. The van der Waals surface area contributed by atoms with Crippen LogP contribution in [0.4, 0.5) is 18.9 Å². The van der Waals surface area contributed by atoms with Gasteiger partial charge in [0.1, 0.15) is 0 Å². The highest BCUT2D eigenvalue weighted by Gasteiger charge is 2.34. The van der Waals surface area contributed by atoms with Crippen molar-refractivity contribution >= 4 is 5.69 Å². The molecule has 1 saturated heterocycles. The summed E-state index contributed by atoms with van der Waals surface area (Å²) in [6, 6.07) is 4.13.